The second-order valence-corrected chi connectivity index (χ2v) is 8.78. The smallest absolute Gasteiger partial charge is 0.408 e. The Labute approximate surface area is 194 Å². The quantitative estimate of drug-likeness (QED) is 0.566. The Bertz CT molecular complexity index is 967. The monoisotopic (exact) mass is 455 g/mol. The molecule has 33 heavy (non-hydrogen) atoms. The molecular formula is C25H33N3O5. The van der Waals surface area contributed by atoms with E-state index in [1.807, 2.05) is 44.2 Å². The van der Waals surface area contributed by atoms with Crippen molar-refractivity contribution in [2.24, 2.45) is 0 Å². The molecule has 178 valence electrons. The summed E-state index contributed by atoms with van der Waals surface area (Å²) in [7, 11) is 0. The van der Waals surface area contributed by atoms with E-state index < -0.39 is 29.6 Å². The van der Waals surface area contributed by atoms with Crippen molar-refractivity contribution < 1.29 is 24.2 Å². The highest BCUT2D eigenvalue weighted by atomic mass is 16.6. The van der Waals surface area contributed by atoms with Gasteiger partial charge in [0.25, 0.3) is 5.91 Å². The highest BCUT2D eigenvalue weighted by Gasteiger charge is 2.32. The van der Waals surface area contributed by atoms with Gasteiger partial charge in [-0.2, -0.15) is 0 Å². The number of aliphatic hydroxyl groups excluding tert-OH is 1. The van der Waals surface area contributed by atoms with Gasteiger partial charge in [0.2, 0.25) is 5.91 Å². The number of nitrogens with zero attached hydrogens (tertiary/aromatic N) is 1. The fourth-order valence-corrected chi connectivity index (χ4v) is 3.20. The number of carbonyl (C=O) groups is 3. The first-order chi connectivity index (χ1) is 15.5. The van der Waals surface area contributed by atoms with Crippen molar-refractivity contribution in [3.8, 4) is 0 Å². The van der Waals surface area contributed by atoms with Gasteiger partial charge in [0, 0.05) is 12.2 Å². The van der Waals surface area contributed by atoms with Crippen LogP contribution in [0.3, 0.4) is 0 Å². The van der Waals surface area contributed by atoms with E-state index in [2.05, 4.69) is 10.6 Å². The topological polar surface area (TPSA) is 108 Å². The van der Waals surface area contributed by atoms with Gasteiger partial charge in [-0.05, 0) is 51.8 Å². The minimum absolute atomic E-state index is 0.0887. The van der Waals surface area contributed by atoms with Crippen molar-refractivity contribution in [1.82, 2.24) is 10.2 Å². The van der Waals surface area contributed by atoms with Gasteiger partial charge >= 0.3 is 6.09 Å². The zero-order chi connectivity index (χ0) is 24.6. The molecule has 0 heterocycles. The van der Waals surface area contributed by atoms with Crippen molar-refractivity contribution in [3.63, 3.8) is 0 Å². The molecule has 0 aliphatic rings. The lowest BCUT2D eigenvalue weighted by atomic mass is 10.0. The Balaban J connectivity index is 2.31. The average molecular weight is 456 g/mol. The van der Waals surface area contributed by atoms with Gasteiger partial charge in [-0.25, -0.2) is 4.79 Å². The lowest BCUT2D eigenvalue weighted by Gasteiger charge is -2.31. The van der Waals surface area contributed by atoms with Crippen LogP contribution < -0.4 is 10.6 Å². The van der Waals surface area contributed by atoms with E-state index in [4.69, 9.17) is 4.74 Å². The van der Waals surface area contributed by atoms with Crippen molar-refractivity contribution in [1.29, 1.82) is 0 Å². The number of amides is 3. The summed E-state index contributed by atoms with van der Waals surface area (Å²) < 4.78 is 5.18. The largest absolute Gasteiger partial charge is 0.444 e. The van der Waals surface area contributed by atoms with Crippen molar-refractivity contribution in [2.45, 2.75) is 46.3 Å². The average Bonchev–Trinajstić information content (AvgIpc) is 2.73. The molecule has 0 radical (unpaired) electrons. The molecule has 0 bridgehead atoms. The van der Waals surface area contributed by atoms with Gasteiger partial charge in [-0.1, -0.05) is 48.0 Å². The van der Waals surface area contributed by atoms with Gasteiger partial charge in [0.1, 0.15) is 18.2 Å². The molecule has 8 heteroatoms. The van der Waals surface area contributed by atoms with E-state index >= 15 is 0 Å². The fourth-order valence-electron chi connectivity index (χ4n) is 3.20. The first-order valence-electron chi connectivity index (χ1n) is 10.8. The predicted molar refractivity (Wildman–Crippen MR) is 127 cm³/mol. The number of anilines is 1. The summed E-state index contributed by atoms with van der Waals surface area (Å²) in [5.41, 5.74) is 2.38. The standard InChI is InChI=1S/C25H33N3O5/c1-17-10-12-19(13-11-17)22(23(31)27-20-9-7-6-8-18(20)2)28(14-15-29)21(30)16-26-24(32)33-25(3,4)5/h6-13,22,29H,14-16H2,1-5H3,(H,26,32)(H,27,31). The third-order valence-electron chi connectivity index (χ3n) is 4.80. The van der Waals surface area contributed by atoms with Crippen LogP contribution in [0.1, 0.15) is 43.5 Å². The summed E-state index contributed by atoms with van der Waals surface area (Å²) >= 11 is 0. The number of nitrogens with one attached hydrogen (secondary N) is 2. The number of benzene rings is 2. The summed E-state index contributed by atoms with van der Waals surface area (Å²) in [5, 5.41) is 14.9. The van der Waals surface area contributed by atoms with Crippen LogP contribution in [-0.2, 0) is 14.3 Å². The molecule has 0 aromatic heterocycles. The molecule has 3 amide bonds. The first-order valence-corrected chi connectivity index (χ1v) is 10.8. The van der Waals surface area contributed by atoms with Crippen LogP contribution in [0.5, 0.6) is 0 Å². The third kappa shape index (κ3) is 7.91. The second kappa shape index (κ2) is 11.5. The Kier molecular flexibility index (Phi) is 8.99. The van der Waals surface area contributed by atoms with Gasteiger partial charge in [0.15, 0.2) is 0 Å². The molecule has 3 N–H and O–H groups in total. The van der Waals surface area contributed by atoms with Gasteiger partial charge in [-0.3, -0.25) is 9.59 Å². The highest BCUT2D eigenvalue weighted by molar-refractivity contribution is 5.98. The number of hydrogen-bond donors (Lipinski definition) is 3. The fraction of sp³-hybridized carbons (Fsp3) is 0.400. The maximum atomic E-state index is 13.4. The number of rotatable bonds is 8. The van der Waals surface area contributed by atoms with Gasteiger partial charge in [0.05, 0.1) is 6.61 Å². The summed E-state index contributed by atoms with van der Waals surface area (Å²) in [6.45, 7) is 8.13. The Morgan fingerprint density at radius 1 is 1.03 bits per heavy atom. The van der Waals surface area contributed by atoms with E-state index in [1.165, 1.54) is 4.90 Å². The zero-order valence-corrected chi connectivity index (χ0v) is 19.8. The van der Waals surface area contributed by atoms with Crippen LogP contribution in [0.2, 0.25) is 0 Å². The minimum atomic E-state index is -1.01. The summed E-state index contributed by atoms with van der Waals surface area (Å²) in [6.07, 6.45) is -0.740. The number of hydrogen-bond acceptors (Lipinski definition) is 5. The van der Waals surface area contributed by atoms with E-state index in [9.17, 15) is 19.5 Å². The maximum absolute atomic E-state index is 13.4. The number of aliphatic hydroxyl groups is 1. The van der Waals surface area contributed by atoms with Crippen LogP contribution in [-0.4, -0.2) is 53.2 Å². The van der Waals surface area contributed by atoms with Gasteiger partial charge < -0.3 is 25.4 Å². The molecule has 0 spiro atoms. The van der Waals surface area contributed by atoms with Crippen molar-refractivity contribution in [2.75, 3.05) is 25.0 Å². The van der Waals surface area contributed by atoms with E-state index in [1.54, 1.807) is 39.0 Å². The van der Waals surface area contributed by atoms with Gasteiger partial charge in [-0.15, -0.1) is 0 Å². The number of aryl methyl sites for hydroxylation is 2. The van der Waals surface area contributed by atoms with Crippen LogP contribution in [0.25, 0.3) is 0 Å². The Morgan fingerprint density at radius 3 is 2.24 bits per heavy atom. The molecule has 0 aliphatic carbocycles. The van der Waals surface area contributed by atoms with E-state index in [0.717, 1.165) is 11.1 Å². The zero-order valence-electron chi connectivity index (χ0n) is 19.8. The Morgan fingerprint density at radius 2 is 1.67 bits per heavy atom. The van der Waals surface area contributed by atoms with Crippen molar-refractivity contribution >= 4 is 23.6 Å². The molecule has 0 saturated carbocycles. The number of ether oxygens (including phenoxy) is 1. The van der Waals surface area contributed by atoms with E-state index in [-0.39, 0.29) is 19.7 Å². The molecule has 2 aromatic carbocycles. The number of alkyl carbamates (subject to hydrolysis) is 1. The lowest BCUT2D eigenvalue weighted by molar-refractivity contribution is -0.138. The normalized spacial score (nSPS) is 11.9. The summed E-state index contributed by atoms with van der Waals surface area (Å²) in [4.78, 5) is 39.7. The third-order valence-corrected chi connectivity index (χ3v) is 4.80. The molecule has 0 fully saturated rings. The molecule has 1 atom stereocenters. The molecule has 0 aliphatic heterocycles. The molecule has 0 saturated heterocycles. The lowest BCUT2D eigenvalue weighted by Crippen LogP contribution is -2.47. The van der Waals surface area contributed by atoms with Crippen LogP contribution in [0.15, 0.2) is 48.5 Å². The molecule has 2 aromatic rings. The molecular weight excluding hydrogens is 422 g/mol. The molecule has 2 rings (SSSR count). The predicted octanol–water partition coefficient (Wildman–Crippen LogP) is 3.33. The Hall–Kier alpha value is -3.39. The van der Waals surface area contributed by atoms with Crippen LogP contribution in [0.4, 0.5) is 10.5 Å². The van der Waals surface area contributed by atoms with E-state index in [0.29, 0.717) is 11.3 Å². The molecule has 8 nitrogen and oxygen atoms in total. The summed E-state index contributed by atoms with van der Waals surface area (Å²) in [5.74, 6) is -0.951. The number of para-hydroxylation sites is 1. The molecule has 1 unspecified atom stereocenters. The number of carbonyl (C=O) groups excluding carboxylic acids is 3. The highest BCUT2D eigenvalue weighted by Crippen LogP contribution is 2.25. The SMILES string of the molecule is Cc1ccc(C(C(=O)Nc2ccccc2C)N(CCO)C(=O)CNC(=O)OC(C)(C)C)cc1. The first kappa shape index (κ1) is 25.9. The minimum Gasteiger partial charge on any atom is -0.444 e. The summed E-state index contributed by atoms with van der Waals surface area (Å²) in [6, 6.07) is 13.6. The van der Waals surface area contributed by atoms with Crippen LogP contribution >= 0.6 is 0 Å². The van der Waals surface area contributed by atoms with Crippen molar-refractivity contribution in [3.05, 3.63) is 65.2 Å². The maximum Gasteiger partial charge on any atom is 0.408 e. The second-order valence-electron chi connectivity index (χ2n) is 8.78. The van der Waals surface area contributed by atoms with Crippen LogP contribution in [0, 0.1) is 13.8 Å².